The molecule has 2 aliphatic heterocycles. The van der Waals surface area contributed by atoms with E-state index in [0.29, 0.717) is 5.54 Å². The zero-order valence-corrected chi connectivity index (χ0v) is 10.5. The van der Waals surface area contributed by atoms with Crippen molar-refractivity contribution in [2.45, 2.75) is 24.8 Å². The Bertz CT molecular complexity index is 333. The maximum absolute atomic E-state index is 3.93. The molecule has 0 atom stereocenters. The summed E-state index contributed by atoms with van der Waals surface area (Å²) in [5, 5.41) is 0. The maximum atomic E-state index is 3.93. The number of nitrogens with zero attached hydrogens (tertiary/aromatic N) is 2. The number of rotatable bonds is 2. The lowest BCUT2D eigenvalue weighted by Gasteiger charge is -2.44. The lowest BCUT2D eigenvalue weighted by molar-refractivity contribution is 0.0910. The van der Waals surface area contributed by atoms with Gasteiger partial charge in [0.05, 0.1) is 0 Å². The van der Waals surface area contributed by atoms with Crippen molar-refractivity contribution in [2.24, 2.45) is 0 Å². The van der Waals surface area contributed by atoms with E-state index in [-0.39, 0.29) is 0 Å². The Hall–Kier alpha value is -1.02. The van der Waals surface area contributed by atoms with Crippen LogP contribution in [0, 0.1) is 0 Å². The molecule has 0 aromatic rings. The molecule has 2 nitrogen and oxygen atoms in total. The van der Waals surface area contributed by atoms with E-state index >= 15 is 0 Å². The summed E-state index contributed by atoms with van der Waals surface area (Å²) >= 11 is 0. The minimum atomic E-state index is 0.333. The van der Waals surface area contributed by atoms with Gasteiger partial charge < -0.3 is 9.80 Å². The van der Waals surface area contributed by atoms with Crippen molar-refractivity contribution < 1.29 is 0 Å². The fourth-order valence-corrected chi connectivity index (χ4v) is 3.03. The molecule has 0 amide bonds. The molecule has 0 aliphatic carbocycles. The molecule has 0 aromatic heterocycles. The third-order valence-corrected chi connectivity index (χ3v) is 4.28. The number of piperidine rings is 1. The van der Waals surface area contributed by atoms with E-state index in [1.54, 1.807) is 0 Å². The first kappa shape index (κ1) is 11.5. The highest BCUT2D eigenvalue weighted by Gasteiger charge is 2.42. The second-order valence-electron chi connectivity index (χ2n) is 5.08. The molecule has 2 aliphatic rings. The van der Waals surface area contributed by atoms with Crippen molar-refractivity contribution in [1.82, 2.24) is 9.80 Å². The van der Waals surface area contributed by atoms with Gasteiger partial charge in [0, 0.05) is 31.4 Å². The fourth-order valence-electron chi connectivity index (χ4n) is 3.03. The minimum Gasteiger partial charge on any atom is -0.368 e. The fraction of sp³-hybridized carbons (Fsp3) is 0.571. The molecular formula is C14H22N2. The van der Waals surface area contributed by atoms with Gasteiger partial charge in [-0.2, -0.15) is 0 Å². The summed E-state index contributed by atoms with van der Waals surface area (Å²) in [6, 6.07) is 0. The molecule has 0 bridgehead atoms. The lowest BCUT2D eigenvalue weighted by Crippen LogP contribution is -2.50. The van der Waals surface area contributed by atoms with E-state index < -0.39 is 0 Å². The van der Waals surface area contributed by atoms with Gasteiger partial charge in [0.2, 0.25) is 0 Å². The van der Waals surface area contributed by atoms with Crippen molar-refractivity contribution in [2.75, 3.05) is 27.2 Å². The van der Waals surface area contributed by atoms with Crippen molar-refractivity contribution in [3.8, 4) is 0 Å². The summed E-state index contributed by atoms with van der Waals surface area (Å²) in [5.74, 6) is 0. The first-order valence-corrected chi connectivity index (χ1v) is 6.03. The van der Waals surface area contributed by atoms with Gasteiger partial charge in [-0.3, -0.25) is 0 Å². The van der Waals surface area contributed by atoms with Crippen LogP contribution in [-0.4, -0.2) is 42.5 Å². The number of likely N-dealkylation sites (N-methyl/N-ethyl adjacent to an activating group) is 1. The molecule has 2 rings (SSSR count). The molecule has 88 valence electrons. The standard InChI is InChI=1S/C14H22N2/c1-5-12-11-14(16(4)13(12)6-2)7-9-15(3)10-8-14/h5-6H,1-2,7-11H2,3-4H3. The monoisotopic (exact) mass is 218 g/mol. The topological polar surface area (TPSA) is 6.48 Å². The highest BCUT2D eigenvalue weighted by Crippen LogP contribution is 2.43. The molecule has 0 radical (unpaired) electrons. The molecular weight excluding hydrogens is 196 g/mol. The zero-order valence-electron chi connectivity index (χ0n) is 10.5. The largest absolute Gasteiger partial charge is 0.368 e. The predicted octanol–water partition coefficient (Wildman–Crippen LogP) is 2.41. The van der Waals surface area contributed by atoms with Crippen LogP contribution in [0.15, 0.2) is 36.6 Å². The number of hydrogen-bond acceptors (Lipinski definition) is 2. The second kappa shape index (κ2) is 4.10. The number of hydrogen-bond donors (Lipinski definition) is 0. The SMILES string of the molecule is C=CC1=C(C=C)N(C)C2(CCN(C)CC2)C1. The number of allylic oxidation sites excluding steroid dienone is 2. The molecule has 0 N–H and O–H groups in total. The Balaban J connectivity index is 2.22. The molecule has 1 saturated heterocycles. The zero-order chi connectivity index (χ0) is 11.8. The van der Waals surface area contributed by atoms with Crippen molar-refractivity contribution in [3.05, 3.63) is 36.6 Å². The van der Waals surface area contributed by atoms with Gasteiger partial charge in [-0.1, -0.05) is 19.2 Å². The van der Waals surface area contributed by atoms with Crippen LogP contribution in [0.25, 0.3) is 0 Å². The first-order valence-electron chi connectivity index (χ1n) is 6.03. The highest BCUT2D eigenvalue weighted by molar-refractivity contribution is 5.38. The van der Waals surface area contributed by atoms with E-state index in [9.17, 15) is 0 Å². The van der Waals surface area contributed by atoms with Crippen LogP contribution in [0.3, 0.4) is 0 Å². The quantitative estimate of drug-likeness (QED) is 0.702. The van der Waals surface area contributed by atoms with E-state index in [2.05, 4.69) is 37.1 Å². The molecule has 0 unspecified atom stereocenters. The second-order valence-corrected chi connectivity index (χ2v) is 5.08. The van der Waals surface area contributed by atoms with Gasteiger partial charge >= 0.3 is 0 Å². The normalized spacial score (nSPS) is 25.2. The Kier molecular flexibility index (Phi) is 2.94. The average molecular weight is 218 g/mol. The third-order valence-electron chi connectivity index (χ3n) is 4.28. The van der Waals surface area contributed by atoms with Gasteiger partial charge in [0.15, 0.2) is 0 Å². The summed E-state index contributed by atoms with van der Waals surface area (Å²) in [7, 11) is 4.41. The Morgan fingerprint density at radius 3 is 2.19 bits per heavy atom. The van der Waals surface area contributed by atoms with Crippen LogP contribution in [0.2, 0.25) is 0 Å². The van der Waals surface area contributed by atoms with Gasteiger partial charge in [0.25, 0.3) is 0 Å². The van der Waals surface area contributed by atoms with Gasteiger partial charge in [-0.05, 0) is 38.0 Å². The van der Waals surface area contributed by atoms with E-state index in [4.69, 9.17) is 0 Å². The molecule has 2 heteroatoms. The van der Waals surface area contributed by atoms with Gasteiger partial charge in [-0.25, -0.2) is 0 Å². The van der Waals surface area contributed by atoms with Crippen LogP contribution >= 0.6 is 0 Å². The lowest BCUT2D eigenvalue weighted by atomic mass is 9.83. The third kappa shape index (κ3) is 1.61. The summed E-state index contributed by atoms with van der Waals surface area (Å²) in [6.45, 7) is 10.2. The van der Waals surface area contributed by atoms with E-state index in [1.165, 1.54) is 37.2 Å². The smallest absolute Gasteiger partial charge is 0.0464 e. The molecule has 1 fully saturated rings. The molecule has 2 heterocycles. The summed E-state index contributed by atoms with van der Waals surface area (Å²) in [4.78, 5) is 4.85. The van der Waals surface area contributed by atoms with Crippen LogP contribution in [-0.2, 0) is 0 Å². The van der Waals surface area contributed by atoms with Gasteiger partial charge in [-0.15, -0.1) is 0 Å². The molecule has 1 spiro atoms. The maximum Gasteiger partial charge on any atom is 0.0464 e. The predicted molar refractivity (Wildman–Crippen MR) is 69.3 cm³/mol. The summed E-state index contributed by atoms with van der Waals surface area (Å²) < 4.78 is 0. The Morgan fingerprint density at radius 2 is 1.75 bits per heavy atom. The van der Waals surface area contributed by atoms with E-state index in [0.717, 1.165) is 6.42 Å². The van der Waals surface area contributed by atoms with Crippen molar-refractivity contribution in [3.63, 3.8) is 0 Å². The van der Waals surface area contributed by atoms with Crippen LogP contribution in [0.1, 0.15) is 19.3 Å². The van der Waals surface area contributed by atoms with Crippen LogP contribution in [0.4, 0.5) is 0 Å². The Labute approximate surface area is 98.9 Å². The number of likely N-dealkylation sites (tertiary alicyclic amines) is 1. The Morgan fingerprint density at radius 1 is 1.12 bits per heavy atom. The highest BCUT2D eigenvalue weighted by atomic mass is 15.2. The van der Waals surface area contributed by atoms with Crippen molar-refractivity contribution >= 4 is 0 Å². The molecule has 0 saturated carbocycles. The summed E-state index contributed by atoms with van der Waals surface area (Å²) in [5.41, 5.74) is 2.97. The van der Waals surface area contributed by atoms with E-state index in [1.807, 2.05) is 12.2 Å². The molecule has 0 aromatic carbocycles. The minimum absolute atomic E-state index is 0.333. The average Bonchev–Trinajstić information content (AvgIpc) is 2.56. The first-order chi connectivity index (χ1) is 7.63. The summed E-state index contributed by atoms with van der Waals surface area (Å²) in [6.07, 6.45) is 7.61. The van der Waals surface area contributed by atoms with Gasteiger partial charge in [0.1, 0.15) is 0 Å². The van der Waals surface area contributed by atoms with Crippen molar-refractivity contribution in [1.29, 1.82) is 0 Å². The van der Waals surface area contributed by atoms with Crippen LogP contribution < -0.4 is 0 Å². The molecule has 16 heavy (non-hydrogen) atoms. The van der Waals surface area contributed by atoms with Crippen LogP contribution in [0.5, 0.6) is 0 Å².